The second kappa shape index (κ2) is 6.02. The van der Waals surface area contributed by atoms with Crippen LogP contribution in [-0.4, -0.2) is 5.97 Å². The number of ether oxygens (including phenoxy) is 1. The average Bonchev–Trinajstić information content (AvgIpc) is 2.18. The normalized spacial score (nSPS) is 9.60. The fraction of sp³-hybridized carbons (Fsp3) is 0.222. The van der Waals surface area contributed by atoms with E-state index in [0.29, 0.717) is 8.09 Å². The van der Waals surface area contributed by atoms with E-state index in [-0.39, 0.29) is 18.0 Å². The summed E-state index contributed by atoms with van der Waals surface area (Å²) >= 11 is 3.94. The molecule has 0 amide bonds. The summed E-state index contributed by atoms with van der Waals surface area (Å²) in [5.41, 5.74) is 0.286. The summed E-state index contributed by atoms with van der Waals surface area (Å²) in [5, 5.41) is 0.425. The Balaban J connectivity index is 2.95. The number of hydrogen-bond donors (Lipinski definition) is 0. The van der Waals surface area contributed by atoms with Crippen molar-refractivity contribution in [2.75, 3.05) is 0 Å². The molecule has 0 spiro atoms. The van der Waals surface area contributed by atoms with Gasteiger partial charge in [0.15, 0.2) is 0 Å². The van der Waals surface area contributed by atoms with E-state index in [9.17, 15) is 9.18 Å². The molecule has 0 aliphatic heterocycles. The van der Waals surface area contributed by atoms with Crippen molar-refractivity contribution in [1.29, 1.82) is 0 Å². The van der Waals surface area contributed by atoms with Crippen molar-refractivity contribution in [2.45, 2.75) is 13.5 Å². The molecule has 0 atom stereocenters. The number of rotatable bonds is 3. The zero-order chi connectivity index (χ0) is 11.4. The number of halogens is 3. The van der Waals surface area contributed by atoms with Gasteiger partial charge in [-0.1, -0.05) is 0 Å². The van der Waals surface area contributed by atoms with E-state index in [1.54, 1.807) is 6.07 Å². The third kappa shape index (κ3) is 3.89. The average molecular weight is 438 g/mol. The first-order valence-electron chi connectivity index (χ1n) is 4.20. The van der Waals surface area contributed by atoms with E-state index in [0.717, 1.165) is 0 Å². The minimum absolute atomic E-state index is 0.0978. The van der Waals surface area contributed by atoms with Gasteiger partial charge >= 0.3 is 108 Å². The molecule has 0 aliphatic carbocycles. The molecule has 6 heteroatoms. The van der Waals surface area contributed by atoms with E-state index in [1.165, 1.54) is 13.0 Å². The number of carbonyl (C=O) groups excluding carboxylic acids is 1. The molecular formula is C9H7Cl2FHgO2. The SMILES string of the molecule is CC(=O)OCc1cc(Cl)c[c]([Hg][Cl])c1F. The first kappa shape index (κ1) is 13.2. The second-order valence-electron chi connectivity index (χ2n) is 2.95. The van der Waals surface area contributed by atoms with Crippen molar-refractivity contribution in [2.24, 2.45) is 0 Å². The van der Waals surface area contributed by atoms with Gasteiger partial charge in [0.2, 0.25) is 0 Å². The molecule has 0 unspecified atom stereocenters. The van der Waals surface area contributed by atoms with Gasteiger partial charge in [-0.25, -0.2) is 0 Å². The summed E-state index contributed by atoms with van der Waals surface area (Å²) in [6, 6.07) is 2.99. The first-order chi connectivity index (χ1) is 7.04. The number of carbonyl (C=O) groups is 1. The Hall–Kier alpha value is 0.135. The third-order valence-electron chi connectivity index (χ3n) is 1.76. The molecule has 78 valence electrons. The van der Waals surface area contributed by atoms with Crippen LogP contribution >= 0.6 is 19.9 Å². The van der Waals surface area contributed by atoms with Gasteiger partial charge in [-0.3, -0.25) is 0 Å². The second-order valence-corrected chi connectivity index (χ2v) is 9.73. The van der Waals surface area contributed by atoms with Crippen LogP contribution in [0.4, 0.5) is 4.39 Å². The maximum absolute atomic E-state index is 13.6. The van der Waals surface area contributed by atoms with Crippen molar-refractivity contribution in [1.82, 2.24) is 0 Å². The topological polar surface area (TPSA) is 26.3 Å². The maximum atomic E-state index is 13.6. The van der Waals surface area contributed by atoms with Gasteiger partial charge in [-0.2, -0.15) is 0 Å². The summed E-state index contributed by atoms with van der Waals surface area (Å²) < 4.78 is 18.9. The van der Waals surface area contributed by atoms with Gasteiger partial charge < -0.3 is 0 Å². The van der Waals surface area contributed by atoms with E-state index >= 15 is 0 Å². The number of benzene rings is 1. The van der Waals surface area contributed by atoms with Gasteiger partial charge in [-0.05, 0) is 0 Å². The molecule has 0 heterocycles. The Morgan fingerprint density at radius 2 is 2.27 bits per heavy atom. The fourth-order valence-electron chi connectivity index (χ4n) is 1.09. The Morgan fingerprint density at radius 3 is 2.80 bits per heavy atom. The molecule has 0 N–H and O–H groups in total. The van der Waals surface area contributed by atoms with E-state index in [1.807, 2.05) is 0 Å². The van der Waals surface area contributed by atoms with Crippen LogP contribution in [-0.2, 0) is 39.5 Å². The van der Waals surface area contributed by atoms with Gasteiger partial charge in [0.1, 0.15) is 0 Å². The van der Waals surface area contributed by atoms with Crippen molar-refractivity contribution in [3.63, 3.8) is 0 Å². The molecule has 0 fully saturated rings. The molecule has 0 radical (unpaired) electrons. The fourth-order valence-corrected chi connectivity index (χ4v) is 6.06. The molecule has 1 aromatic carbocycles. The van der Waals surface area contributed by atoms with Crippen LogP contribution in [0.1, 0.15) is 12.5 Å². The molecule has 0 saturated carbocycles. The van der Waals surface area contributed by atoms with Crippen molar-refractivity contribution < 1.29 is 37.3 Å². The van der Waals surface area contributed by atoms with Crippen molar-refractivity contribution in [3.05, 3.63) is 28.5 Å². The van der Waals surface area contributed by atoms with Crippen molar-refractivity contribution in [3.8, 4) is 0 Å². The molecule has 1 rings (SSSR count). The van der Waals surface area contributed by atoms with E-state index < -0.39 is 29.3 Å². The molecule has 15 heavy (non-hydrogen) atoms. The Bertz CT molecular complexity index is 385. The quantitative estimate of drug-likeness (QED) is 0.536. The summed E-state index contributed by atoms with van der Waals surface area (Å²) in [6.45, 7) is 1.17. The Labute approximate surface area is 108 Å². The summed E-state index contributed by atoms with van der Waals surface area (Å²) in [7, 11) is 5.75. The minimum atomic E-state index is -1.85. The van der Waals surface area contributed by atoms with E-state index in [2.05, 4.69) is 0 Å². The molecule has 0 saturated heterocycles. The van der Waals surface area contributed by atoms with Crippen LogP contribution in [0.25, 0.3) is 0 Å². The van der Waals surface area contributed by atoms with Gasteiger partial charge in [-0.15, -0.1) is 0 Å². The monoisotopic (exact) mass is 438 g/mol. The zero-order valence-corrected chi connectivity index (χ0v) is 15.0. The van der Waals surface area contributed by atoms with Crippen LogP contribution in [0, 0.1) is 5.82 Å². The van der Waals surface area contributed by atoms with Crippen LogP contribution in [0.5, 0.6) is 0 Å². The Kier molecular flexibility index (Phi) is 5.29. The van der Waals surface area contributed by atoms with Crippen LogP contribution in [0.15, 0.2) is 12.1 Å². The van der Waals surface area contributed by atoms with Gasteiger partial charge in [0.25, 0.3) is 0 Å². The number of hydrogen-bond acceptors (Lipinski definition) is 2. The molecule has 0 aliphatic rings. The van der Waals surface area contributed by atoms with Crippen molar-refractivity contribution >= 4 is 28.9 Å². The first-order valence-corrected chi connectivity index (χ1v) is 14.1. The Morgan fingerprint density at radius 1 is 1.60 bits per heavy atom. The van der Waals surface area contributed by atoms with Crippen LogP contribution in [0.2, 0.25) is 5.02 Å². The van der Waals surface area contributed by atoms with Gasteiger partial charge in [0.05, 0.1) is 0 Å². The number of esters is 1. The van der Waals surface area contributed by atoms with Crippen LogP contribution in [0.3, 0.4) is 0 Å². The predicted molar refractivity (Wildman–Crippen MR) is 52.4 cm³/mol. The standard InChI is InChI=1S/C9H7ClFO2.ClH.Hg/c1-6(12)13-5-7-4-8(10)2-3-9(7)11;;/h2,4H,5H2,1H3;1H;/q;;+1/p-1. The summed E-state index contributed by atoms with van der Waals surface area (Å²) in [4.78, 5) is 10.6. The molecular weight excluding hydrogens is 431 g/mol. The molecule has 1 aromatic rings. The summed E-state index contributed by atoms with van der Waals surface area (Å²) in [5.74, 6) is -0.830. The molecule has 0 aromatic heterocycles. The van der Waals surface area contributed by atoms with Gasteiger partial charge in [0, 0.05) is 0 Å². The van der Waals surface area contributed by atoms with E-state index in [4.69, 9.17) is 24.6 Å². The predicted octanol–water partition coefficient (Wildman–Crippen LogP) is 2.40. The molecule has 2 nitrogen and oxygen atoms in total. The summed E-state index contributed by atoms with van der Waals surface area (Å²) in [6.07, 6.45) is 0. The zero-order valence-electron chi connectivity index (χ0n) is 8.02. The van der Waals surface area contributed by atoms with Crippen LogP contribution < -0.4 is 3.07 Å². The molecule has 0 bridgehead atoms. The third-order valence-corrected chi connectivity index (χ3v) is 7.63.